The van der Waals surface area contributed by atoms with E-state index in [4.69, 9.17) is 10.5 Å². The summed E-state index contributed by atoms with van der Waals surface area (Å²) in [5.41, 5.74) is 6.52. The average Bonchev–Trinajstić information content (AvgIpc) is 2.82. The van der Waals surface area contributed by atoms with Gasteiger partial charge in [0.1, 0.15) is 11.6 Å². The number of urea groups is 1. The lowest BCUT2D eigenvalue weighted by atomic mass is 10.1. The lowest BCUT2D eigenvalue weighted by Gasteiger charge is -2.37. The van der Waals surface area contributed by atoms with E-state index in [2.05, 4.69) is 11.8 Å². The molecule has 0 saturated carbocycles. The third-order valence-electron chi connectivity index (χ3n) is 5.57. The number of piperazine rings is 1. The van der Waals surface area contributed by atoms with Crippen molar-refractivity contribution in [2.75, 3.05) is 51.3 Å². The van der Waals surface area contributed by atoms with Crippen molar-refractivity contribution >= 4 is 17.5 Å². The van der Waals surface area contributed by atoms with E-state index in [0.29, 0.717) is 30.1 Å². The number of hydrogen-bond donors (Lipinski definition) is 1. The minimum atomic E-state index is -0.546. The van der Waals surface area contributed by atoms with Gasteiger partial charge in [-0.2, -0.15) is 0 Å². The Morgan fingerprint density at radius 2 is 1.87 bits per heavy atom. The summed E-state index contributed by atoms with van der Waals surface area (Å²) in [6.45, 7) is 5.72. The summed E-state index contributed by atoms with van der Waals surface area (Å²) >= 11 is 0. The molecule has 1 aliphatic heterocycles. The largest absolute Gasteiger partial charge is 0.497 e. The summed E-state index contributed by atoms with van der Waals surface area (Å²) in [4.78, 5) is 30.8. The number of nitrogens with zero attached hydrogens (tertiary/aromatic N) is 3. The Hall–Kier alpha value is -2.97. The van der Waals surface area contributed by atoms with Crippen molar-refractivity contribution in [3.05, 3.63) is 59.4 Å². The highest BCUT2D eigenvalue weighted by Crippen LogP contribution is 2.25. The summed E-state index contributed by atoms with van der Waals surface area (Å²) in [6.07, 6.45) is 0. The number of amides is 2. The van der Waals surface area contributed by atoms with E-state index >= 15 is 0 Å². The van der Waals surface area contributed by atoms with Crippen LogP contribution in [0.3, 0.4) is 0 Å². The standard InChI is InChI=1S/C23H29FN4O3/c1-3-26-9-11-27(12-10-26)23(30)28(19-5-4-6-20(14-19)31-2)16-18-8-7-17(13-21(18)24)22(29)15-25/h4-8,13-14H,3,9-12,15-16,25H2,1-2H3. The molecule has 0 spiro atoms. The summed E-state index contributed by atoms with van der Waals surface area (Å²) in [6, 6.07) is 11.2. The van der Waals surface area contributed by atoms with Gasteiger partial charge in [-0.1, -0.05) is 25.1 Å². The molecule has 0 bridgehead atoms. The Balaban J connectivity index is 1.89. The van der Waals surface area contributed by atoms with Gasteiger partial charge in [0.2, 0.25) is 0 Å². The fourth-order valence-corrected chi connectivity index (χ4v) is 3.61. The summed E-state index contributed by atoms with van der Waals surface area (Å²) < 4.78 is 20.1. The van der Waals surface area contributed by atoms with Crippen molar-refractivity contribution in [3.63, 3.8) is 0 Å². The third-order valence-corrected chi connectivity index (χ3v) is 5.57. The van der Waals surface area contributed by atoms with Gasteiger partial charge in [-0.05, 0) is 24.7 Å². The predicted molar refractivity (Wildman–Crippen MR) is 118 cm³/mol. The average molecular weight is 429 g/mol. The minimum absolute atomic E-state index is 0.0307. The van der Waals surface area contributed by atoms with Crippen LogP contribution in [0.4, 0.5) is 14.9 Å². The van der Waals surface area contributed by atoms with E-state index in [1.54, 1.807) is 47.2 Å². The van der Waals surface area contributed by atoms with Crippen LogP contribution in [0.15, 0.2) is 42.5 Å². The summed E-state index contributed by atoms with van der Waals surface area (Å²) in [7, 11) is 1.56. The van der Waals surface area contributed by atoms with E-state index in [9.17, 15) is 14.0 Å². The van der Waals surface area contributed by atoms with E-state index in [1.165, 1.54) is 12.1 Å². The van der Waals surface area contributed by atoms with Crippen LogP contribution in [-0.2, 0) is 6.54 Å². The Morgan fingerprint density at radius 1 is 1.13 bits per heavy atom. The smallest absolute Gasteiger partial charge is 0.324 e. The Morgan fingerprint density at radius 3 is 2.48 bits per heavy atom. The van der Waals surface area contributed by atoms with Crippen LogP contribution in [0.5, 0.6) is 5.75 Å². The maximum absolute atomic E-state index is 14.8. The number of likely N-dealkylation sites (N-methyl/N-ethyl adjacent to an activating group) is 1. The van der Waals surface area contributed by atoms with Gasteiger partial charge in [-0.25, -0.2) is 9.18 Å². The number of Topliss-reactive ketones (excluding diaryl/α,β-unsaturated/α-hetero) is 1. The second kappa shape index (κ2) is 10.4. The van der Waals surface area contributed by atoms with Crippen LogP contribution in [0.25, 0.3) is 0 Å². The zero-order valence-electron chi connectivity index (χ0n) is 18.0. The molecule has 2 N–H and O–H groups in total. The van der Waals surface area contributed by atoms with Gasteiger partial charge < -0.3 is 20.3 Å². The highest BCUT2D eigenvalue weighted by atomic mass is 19.1. The molecule has 0 radical (unpaired) electrons. The summed E-state index contributed by atoms with van der Waals surface area (Å²) in [5, 5.41) is 0. The fourth-order valence-electron chi connectivity index (χ4n) is 3.61. The lowest BCUT2D eigenvalue weighted by Crippen LogP contribution is -2.52. The van der Waals surface area contributed by atoms with Crippen LogP contribution in [0, 0.1) is 5.82 Å². The number of carbonyl (C=O) groups excluding carboxylic acids is 2. The molecule has 8 heteroatoms. The van der Waals surface area contributed by atoms with Gasteiger partial charge in [-0.15, -0.1) is 0 Å². The SMILES string of the molecule is CCN1CCN(C(=O)N(Cc2ccc(C(=O)CN)cc2F)c2cccc(OC)c2)CC1. The van der Waals surface area contributed by atoms with E-state index < -0.39 is 5.82 Å². The predicted octanol–water partition coefficient (Wildman–Crippen LogP) is 2.74. The number of benzene rings is 2. The summed E-state index contributed by atoms with van der Waals surface area (Å²) in [5.74, 6) is -0.272. The topological polar surface area (TPSA) is 79.1 Å². The molecule has 0 atom stereocenters. The van der Waals surface area contributed by atoms with Crippen molar-refractivity contribution in [1.82, 2.24) is 9.80 Å². The van der Waals surface area contributed by atoms with Crippen LogP contribution in [0.2, 0.25) is 0 Å². The van der Waals surface area contributed by atoms with Crippen molar-refractivity contribution in [2.24, 2.45) is 5.73 Å². The first-order valence-electron chi connectivity index (χ1n) is 10.4. The van der Waals surface area contributed by atoms with Gasteiger partial charge in [0, 0.05) is 49.1 Å². The van der Waals surface area contributed by atoms with Crippen molar-refractivity contribution < 1.29 is 18.7 Å². The molecule has 1 fully saturated rings. The first-order chi connectivity index (χ1) is 15.0. The fraction of sp³-hybridized carbons (Fsp3) is 0.391. The van der Waals surface area contributed by atoms with Gasteiger partial charge in [0.05, 0.1) is 20.2 Å². The highest BCUT2D eigenvalue weighted by molar-refractivity contribution is 5.97. The minimum Gasteiger partial charge on any atom is -0.497 e. The number of rotatable bonds is 7. The maximum Gasteiger partial charge on any atom is 0.324 e. The first-order valence-corrected chi connectivity index (χ1v) is 10.4. The van der Waals surface area contributed by atoms with E-state index in [-0.39, 0.29) is 30.5 Å². The van der Waals surface area contributed by atoms with Crippen molar-refractivity contribution in [3.8, 4) is 5.75 Å². The van der Waals surface area contributed by atoms with Crippen LogP contribution in [-0.4, -0.2) is 68.0 Å². The molecule has 7 nitrogen and oxygen atoms in total. The van der Waals surface area contributed by atoms with E-state index in [1.807, 2.05) is 0 Å². The Kier molecular flexibility index (Phi) is 7.59. The number of anilines is 1. The Labute approximate surface area is 182 Å². The number of carbonyl (C=O) groups is 2. The number of ether oxygens (including phenoxy) is 1. The maximum atomic E-state index is 14.8. The van der Waals surface area contributed by atoms with Crippen LogP contribution >= 0.6 is 0 Å². The van der Waals surface area contributed by atoms with E-state index in [0.717, 1.165) is 19.6 Å². The molecular formula is C23H29FN4O3. The monoisotopic (exact) mass is 428 g/mol. The Bertz CT molecular complexity index is 929. The normalized spacial score (nSPS) is 14.4. The molecule has 31 heavy (non-hydrogen) atoms. The molecule has 2 amide bonds. The molecular weight excluding hydrogens is 399 g/mol. The molecule has 0 unspecified atom stereocenters. The second-order valence-corrected chi connectivity index (χ2v) is 7.42. The second-order valence-electron chi connectivity index (χ2n) is 7.42. The lowest BCUT2D eigenvalue weighted by molar-refractivity contribution is 0.100. The molecule has 1 saturated heterocycles. The van der Waals surface area contributed by atoms with Gasteiger partial charge in [0.25, 0.3) is 0 Å². The number of methoxy groups -OCH3 is 1. The van der Waals surface area contributed by atoms with Gasteiger partial charge in [0.15, 0.2) is 5.78 Å². The number of ketones is 1. The zero-order valence-corrected chi connectivity index (χ0v) is 18.0. The zero-order chi connectivity index (χ0) is 22.4. The molecule has 2 aromatic rings. The highest BCUT2D eigenvalue weighted by Gasteiger charge is 2.27. The van der Waals surface area contributed by atoms with Gasteiger partial charge >= 0.3 is 6.03 Å². The van der Waals surface area contributed by atoms with Gasteiger partial charge in [-0.3, -0.25) is 9.69 Å². The van der Waals surface area contributed by atoms with Crippen molar-refractivity contribution in [1.29, 1.82) is 0 Å². The number of nitrogens with two attached hydrogens (primary N) is 1. The number of halogens is 1. The molecule has 2 aromatic carbocycles. The molecule has 1 aliphatic rings. The van der Waals surface area contributed by atoms with Crippen LogP contribution < -0.4 is 15.4 Å². The van der Waals surface area contributed by atoms with Crippen LogP contribution in [0.1, 0.15) is 22.8 Å². The quantitative estimate of drug-likeness (QED) is 0.686. The molecule has 166 valence electrons. The third kappa shape index (κ3) is 5.39. The number of hydrogen-bond acceptors (Lipinski definition) is 5. The molecule has 0 aromatic heterocycles. The molecule has 0 aliphatic carbocycles. The molecule has 1 heterocycles. The van der Waals surface area contributed by atoms with Crippen molar-refractivity contribution in [2.45, 2.75) is 13.5 Å². The first kappa shape index (κ1) is 22.7. The molecule has 3 rings (SSSR count).